The van der Waals surface area contributed by atoms with Crippen LogP contribution in [-0.2, 0) is 4.79 Å². The van der Waals surface area contributed by atoms with Crippen molar-refractivity contribution in [3.05, 3.63) is 113 Å². The summed E-state index contributed by atoms with van der Waals surface area (Å²) in [5, 5.41) is 3.54. The molecule has 0 radical (unpaired) electrons. The van der Waals surface area contributed by atoms with E-state index in [-0.39, 0.29) is 24.0 Å². The van der Waals surface area contributed by atoms with Crippen LogP contribution in [0.4, 0.5) is 11.4 Å². The molecule has 3 aromatic carbocycles. The molecule has 0 saturated carbocycles. The van der Waals surface area contributed by atoms with E-state index in [4.69, 9.17) is 18.6 Å². The fourth-order valence-corrected chi connectivity index (χ4v) is 5.83. The highest BCUT2D eigenvalue weighted by atomic mass is 16.5. The number of hydrogen-bond donors (Lipinski definition) is 1. The molecule has 2 unspecified atom stereocenters. The van der Waals surface area contributed by atoms with E-state index in [9.17, 15) is 9.59 Å². The first-order valence-corrected chi connectivity index (χ1v) is 13.4. The van der Waals surface area contributed by atoms with Crippen molar-refractivity contribution < 1.29 is 28.2 Å². The van der Waals surface area contributed by atoms with Crippen molar-refractivity contribution in [3.8, 4) is 17.2 Å². The van der Waals surface area contributed by atoms with Crippen LogP contribution in [0.2, 0.25) is 0 Å². The van der Waals surface area contributed by atoms with Crippen molar-refractivity contribution in [1.29, 1.82) is 0 Å². The summed E-state index contributed by atoms with van der Waals surface area (Å²) in [6.07, 6.45) is 2.41. The molecule has 0 saturated heterocycles. The minimum absolute atomic E-state index is 0.0717. The van der Waals surface area contributed by atoms with Crippen molar-refractivity contribution in [1.82, 2.24) is 0 Å². The lowest BCUT2D eigenvalue weighted by Gasteiger charge is -2.35. The number of benzene rings is 3. The number of nitrogens with one attached hydrogen (secondary N) is 1. The largest absolute Gasteiger partial charge is 0.493 e. The van der Waals surface area contributed by atoms with Crippen molar-refractivity contribution in [2.45, 2.75) is 24.8 Å². The molecule has 41 heavy (non-hydrogen) atoms. The quantitative estimate of drug-likeness (QED) is 0.292. The second kappa shape index (κ2) is 10.9. The molecule has 2 heterocycles. The molecular formula is C33H30N2O6. The molecule has 1 amide bonds. The SMILES string of the molecule is COc1cc(C2C3=C(CC(c4ccco4)CC3=O)Nc3ccccc3N2C(=O)c2ccccc2)cc(OC)c1OC. The number of ketones is 1. The van der Waals surface area contributed by atoms with Gasteiger partial charge in [-0.25, -0.2) is 0 Å². The Hall–Kier alpha value is -4.98. The van der Waals surface area contributed by atoms with Gasteiger partial charge in [0.25, 0.3) is 5.91 Å². The molecule has 6 rings (SSSR count). The molecule has 8 heteroatoms. The Morgan fingerprint density at radius 3 is 2.24 bits per heavy atom. The van der Waals surface area contributed by atoms with Crippen LogP contribution in [0.1, 0.15) is 46.5 Å². The average molecular weight is 551 g/mol. The van der Waals surface area contributed by atoms with Gasteiger partial charge in [-0.15, -0.1) is 0 Å². The predicted octanol–water partition coefficient (Wildman–Crippen LogP) is 6.52. The fraction of sp³-hybridized carbons (Fsp3) is 0.212. The Morgan fingerprint density at radius 1 is 0.878 bits per heavy atom. The number of carbonyl (C=O) groups is 2. The van der Waals surface area contributed by atoms with Crippen LogP contribution >= 0.6 is 0 Å². The van der Waals surface area contributed by atoms with Gasteiger partial charge in [-0.1, -0.05) is 30.3 Å². The van der Waals surface area contributed by atoms with Gasteiger partial charge in [0.15, 0.2) is 17.3 Å². The highest BCUT2D eigenvalue weighted by Crippen LogP contribution is 2.50. The first-order chi connectivity index (χ1) is 20.0. The summed E-state index contributed by atoms with van der Waals surface area (Å²) >= 11 is 0. The van der Waals surface area contributed by atoms with Crippen molar-refractivity contribution in [2.24, 2.45) is 0 Å². The van der Waals surface area contributed by atoms with Gasteiger partial charge in [0.2, 0.25) is 5.75 Å². The number of amides is 1. The zero-order chi connectivity index (χ0) is 28.5. The molecule has 1 N–H and O–H groups in total. The maximum absolute atomic E-state index is 14.4. The minimum atomic E-state index is -0.785. The number of fused-ring (bicyclic) bond motifs is 1. The normalized spacial score (nSPS) is 18.1. The fourth-order valence-electron chi connectivity index (χ4n) is 5.83. The highest BCUT2D eigenvalue weighted by Gasteiger charge is 2.43. The molecular weight excluding hydrogens is 520 g/mol. The minimum Gasteiger partial charge on any atom is -0.493 e. The number of methoxy groups -OCH3 is 3. The molecule has 0 fully saturated rings. The topological polar surface area (TPSA) is 90.2 Å². The van der Waals surface area contributed by atoms with Crippen LogP contribution in [0, 0.1) is 0 Å². The van der Waals surface area contributed by atoms with Gasteiger partial charge in [0.1, 0.15) is 5.76 Å². The maximum Gasteiger partial charge on any atom is 0.259 e. The number of hydrogen-bond acceptors (Lipinski definition) is 7. The Bertz CT molecular complexity index is 1600. The Labute approximate surface area is 238 Å². The Balaban J connectivity index is 1.62. The van der Waals surface area contributed by atoms with Gasteiger partial charge < -0.3 is 23.9 Å². The summed E-state index contributed by atoms with van der Waals surface area (Å²) in [4.78, 5) is 30.3. The van der Waals surface area contributed by atoms with Crippen LogP contribution in [0.25, 0.3) is 0 Å². The number of ether oxygens (including phenoxy) is 3. The van der Waals surface area contributed by atoms with Gasteiger partial charge in [-0.3, -0.25) is 14.5 Å². The van der Waals surface area contributed by atoms with Crippen LogP contribution in [0.5, 0.6) is 17.2 Å². The van der Waals surface area contributed by atoms with E-state index in [2.05, 4.69) is 5.32 Å². The van der Waals surface area contributed by atoms with E-state index < -0.39 is 6.04 Å². The maximum atomic E-state index is 14.4. The van der Waals surface area contributed by atoms with Gasteiger partial charge in [-0.05, 0) is 60.5 Å². The highest BCUT2D eigenvalue weighted by molar-refractivity contribution is 6.12. The van der Waals surface area contributed by atoms with Crippen molar-refractivity contribution in [3.63, 3.8) is 0 Å². The number of rotatable bonds is 6. The van der Waals surface area contributed by atoms with Crippen molar-refractivity contribution >= 4 is 23.1 Å². The monoisotopic (exact) mass is 550 g/mol. The second-order valence-electron chi connectivity index (χ2n) is 9.98. The van der Waals surface area contributed by atoms with Gasteiger partial charge in [0.05, 0.1) is 45.0 Å². The van der Waals surface area contributed by atoms with Gasteiger partial charge in [-0.2, -0.15) is 0 Å². The average Bonchev–Trinajstić information content (AvgIpc) is 3.50. The molecule has 2 atom stereocenters. The lowest BCUT2D eigenvalue weighted by atomic mass is 9.79. The smallest absolute Gasteiger partial charge is 0.259 e. The summed E-state index contributed by atoms with van der Waals surface area (Å²) in [6.45, 7) is 0. The van der Waals surface area contributed by atoms with Gasteiger partial charge >= 0.3 is 0 Å². The molecule has 2 aliphatic rings. The zero-order valence-electron chi connectivity index (χ0n) is 23.0. The lowest BCUT2D eigenvalue weighted by molar-refractivity contribution is -0.116. The number of nitrogens with zero attached hydrogens (tertiary/aromatic N) is 1. The number of Topliss-reactive ketones (excluding diaryl/α,β-unsaturated/α-hetero) is 1. The Kier molecular flexibility index (Phi) is 6.97. The van der Waals surface area contributed by atoms with Crippen LogP contribution in [0.15, 0.2) is 101 Å². The molecule has 1 aliphatic heterocycles. The second-order valence-corrected chi connectivity index (χ2v) is 9.98. The molecule has 208 valence electrons. The summed E-state index contributed by atoms with van der Waals surface area (Å²) in [5.41, 5.74) is 3.80. The van der Waals surface area contributed by atoms with Crippen LogP contribution in [0.3, 0.4) is 0 Å². The molecule has 4 aromatic rings. The van der Waals surface area contributed by atoms with E-state index >= 15 is 0 Å². The standard InChI is InChI=1S/C33H30N2O6/c1-38-28-18-22(19-29(39-2)32(28)40-3)31-30-24(16-21(17-26(30)36)27-14-9-15-41-27)34-23-12-7-8-13-25(23)35(31)33(37)20-10-5-4-6-11-20/h4-15,18-19,21,31,34H,16-17H2,1-3H3. The molecule has 8 nitrogen and oxygen atoms in total. The summed E-state index contributed by atoms with van der Waals surface area (Å²) in [7, 11) is 4.63. The first kappa shape index (κ1) is 26.3. The number of furan rings is 1. The Morgan fingerprint density at radius 2 is 1.59 bits per heavy atom. The first-order valence-electron chi connectivity index (χ1n) is 13.4. The number of para-hydroxylation sites is 2. The van der Waals surface area contributed by atoms with Gasteiger partial charge in [0, 0.05) is 29.2 Å². The molecule has 1 aromatic heterocycles. The molecule has 1 aliphatic carbocycles. The van der Waals surface area contributed by atoms with Crippen molar-refractivity contribution in [2.75, 3.05) is 31.5 Å². The van der Waals surface area contributed by atoms with Crippen LogP contribution < -0.4 is 24.4 Å². The summed E-state index contributed by atoms with van der Waals surface area (Å²) in [5.74, 6) is 1.59. The van der Waals surface area contributed by atoms with E-state index in [1.54, 1.807) is 37.5 Å². The van der Waals surface area contributed by atoms with Crippen LogP contribution in [-0.4, -0.2) is 33.0 Å². The van der Waals surface area contributed by atoms with E-state index in [1.165, 1.54) is 7.11 Å². The third-order valence-electron chi connectivity index (χ3n) is 7.68. The van der Waals surface area contributed by atoms with E-state index in [1.807, 2.05) is 66.7 Å². The molecule has 0 spiro atoms. The number of anilines is 2. The summed E-state index contributed by atoms with van der Waals surface area (Å²) < 4.78 is 22.6. The molecule has 0 bridgehead atoms. The zero-order valence-corrected chi connectivity index (χ0v) is 23.0. The third-order valence-corrected chi connectivity index (χ3v) is 7.68. The van der Waals surface area contributed by atoms with E-state index in [0.717, 1.165) is 17.1 Å². The van der Waals surface area contributed by atoms with E-state index in [0.29, 0.717) is 46.1 Å². The number of carbonyl (C=O) groups excluding carboxylic acids is 2. The predicted molar refractivity (Wildman–Crippen MR) is 155 cm³/mol. The summed E-state index contributed by atoms with van der Waals surface area (Å²) in [6, 6.07) is 23.2. The number of allylic oxidation sites excluding steroid dienone is 1. The third kappa shape index (κ3) is 4.61. The lowest BCUT2D eigenvalue weighted by Crippen LogP contribution is -2.38.